The van der Waals surface area contributed by atoms with E-state index in [-0.39, 0.29) is 18.1 Å². The summed E-state index contributed by atoms with van der Waals surface area (Å²) in [5, 5.41) is 0. The number of anilines is 1. The van der Waals surface area contributed by atoms with Crippen molar-refractivity contribution in [1.82, 2.24) is 4.90 Å². The Morgan fingerprint density at radius 2 is 1.85 bits per heavy atom. The number of likely N-dealkylation sites (N-methyl/N-ethyl adjacent to an activating group) is 1. The minimum absolute atomic E-state index is 0.00275. The summed E-state index contributed by atoms with van der Waals surface area (Å²) in [5.74, 6) is -0.263. The van der Waals surface area contributed by atoms with Crippen molar-refractivity contribution >= 4 is 23.5 Å². The van der Waals surface area contributed by atoms with Crippen molar-refractivity contribution in [3.8, 4) is 0 Å². The molecule has 5 heteroatoms. The van der Waals surface area contributed by atoms with Gasteiger partial charge in [0.1, 0.15) is 5.82 Å². The number of benzene rings is 2. The van der Waals surface area contributed by atoms with Crippen molar-refractivity contribution in [3.05, 3.63) is 58.4 Å². The number of aryl methyl sites for hydroxylation is 2. The minimum Gasteiger partial charge on any atom is -0.367 e. The topological polar surface area (TPSA) is 35.9 Å². The lowest BCUT2D eigenvalue weighted by Gasteiger charge is -2.21. The zero-order valence-electron chi connectivity index (χ0n) is 17.0. The van der Waals surface area contributed by atoms with Gasteiger partial charge in [-0.3, -0.25) is 4.79 Å². The first-order chi connectivity index (χ1) is 12.7. The molecule has 27 heavy (non-hydrogen) atoms. The maximum Gasteiger partial charge on any atom is 0.182 e. The monoisotopic (exact) mass is 369 g/mol. The van der Waals surface area contributed by atoms with Crippen LogP contribution in [0.4, 0.5) is 15.8 Å². The van der Waals surface area contributed by atoms with Crippen molar-refractivity contribution in [2.75, 3.05) is 32.1 Å². The molecule has 0 spiro atoms. The number of hydrogen-bond acceptors (Lipinski definition) is 3. The third-order valence-electron chi connectivity index (χ3n) is 4.77. The molecule has 2 aromatic rings. The maximum absolute atomic E-state index is 13.8. The van der Waals surface area contributed by atoms with Gasteiger partial charge in [-0.1, -0.05) is 6.07 Å². The SMILES string of the molecule is CCN(C)C=Nc1cc(C)c(C(=O)CN(C)c2cccc(F)c2C)cc1C. The van der Waals surface area contributed by atoms with Crippen LogP contribution in [0.5, 0.6) is 0 Å². The van der Waals surface area contributed by atoms with Crippen LogP contribution >= 0.6 is 0 Å². The lowest BCUT2D eigenvalue weighted by atomic mass is 10.00. The summed E-state index contributed by atoms with van der Waals surface area (Å²) in [7, 11) is 3.77. The van der Waals surface area contributed by atoms with E-state index < -0.39 is 0 Å². The van der Waals surface area contributed by atoms with Gasteiger partial charge in [-0.25, -0.2) is 9.38 Å². The average Bonchev–Trinajstić information content (AvgIpc) is 2.63. The van der Waals surface area contributed by atoms with Crippen LogP contribution in [0.3, 0.4) is 0 Å². The second-order valence-electron chi connectivity index (χ2n) is 6.93. The Labute approximate surface area is 161 Å². The third kappa shape index (κ3) is 4.94. The number of Topliss-reactive ketones (excluding diaryl/α,β-unsaturated/α-hetero) is 1. The molecule has 4 nitrogen and oxygen atoms in total. The quantitative estimate of drug-likeness (QED) is 0.404. The summed E-state index contributed by atoms with van der Waals surface area (Å²) in [6, 6.07) is 8.75. The van der Waals surface area contributed by atoms with Crippen LogP contribution in [0.15, 0.2) is 35.3 Å². The van der Waals surface area contributed by atoms with Crippen molar-refractivity contribution in [3.63, 3.8) is 0 Å². The van der Waals surface area contributed by atoms with E-state index in [1.54, 1.807) is 31.3 Å². The lowest BCUT2D eigenvalue weighted by molar-refractivity contribution is 0.0999. The highest BCUT2D eigenvalue weighted by atomic mass is 19.1. The van der Waals surface area contributed by atoms with Crippen molar-refractivity contribution in [1.29, 1.82) is 0 Å². The van der Waals surface area contributed by atoms with Gasteiger partial charge in [0, 0.05) is 37.5 Å². The van der Waals surface area contributed by atoms with E-state index in [0.29, 0.717) is 11.1 Å². The molecule has 0 amide bonds. The Bertz CT molecular complexity index is 861. The summed E-state index contributed by atoms with van der Waals surface area (Å²) in [6.45, 7) is 8.72. The first kappa shape index (κ1) is 20.6. The van der Waals surface area contributed by atoms with E-state index in [9.17, 15) is 9.18 Å². The number of halogens is 1. The molecule has 0 N–H and O–H groups in total. The highest BCUT2D eigenvalue weighted by Gasteiger charge is 2.16. The Morgan fingerprint density at radius 1 is 1.15 bits per heavy atom. The molecule has 0 saturated carbocycles. The smallest absolute Gasteiger partial charge is 0.182 e. The summed E-state index contributed by atoms with van der Waals surface area (Å²) in [5.41, 5.74) is 4.65. The number of carbonyl (C=O) groups excluding carboxylic acids is 1. The van der Waals surface area contributed by atoms with Gasteiger partial charge in [-0.05, 0) is 63.1 Å². The van der Waals surface area contributed by atoms with Crippen molar-refractivity contribution in [2.24, 2.45) is 4.99 Å². The van der Waals surface area contributed by atoms with Gasteiger partial charge in [0.2, 0.25) is 0 Å². The lowest BCUT2D eigenvalue weighted by Crippen LogP contribution is -2.27. The van der Waals surface area contributed by atoms with E-state index in [1.807, 2.05) is 44.0 Å². The van der Waals surface area contributed by atoms with Gasteiger partial charge in [-0.15, -0.1) is 0 Å². The molecule has 0 bridgehead atoms. The number of rotatable bonds is 7. The largest absolute Gasteiger partial charge is 0.367 e. The standard InChI is InChI=1S/C22H28FN3O/c1-7-25(5)14-24-20-12-15(2)18(11-16(20)3)22(27)13-26(6)21-10-8-9-19(23)17(21)4/h8-12,14H,7,13H2,1-6H3. The van der Waals surface area contributed by atoms with E-state index in [2.05, 4.69) is 11.9 Å². The molecule has 0 aliphatic rings. The molecule has 0 heterocycles. The Balaban J connectivity index is 2.22. The zero-order valence-corrected chi connectivity index (χ0v) is 17.0. The minimum atomic E-state index is -0.266. The summed E-state index contributed by atoms with van der Waals surface area (Å²) in [6.07, 6.45) is 1.80. The van der Waals surface area contributed by atoms with E-state index >= 15 is 0 Å². The van der Waals surface area contributed by atoms with Crippen LogP contribution in [-0.4, -0.2) is 44.2 Å². The van der Waals surface area contributed by atoms with Crippen LogP contribution < -0.4 is 4.90 Å². The fourth-order valence-corrected chi connectivity index (χ4v) is 2.88. The second-order valence-corrected chi connectivity index (χ2v) is 6.93. The molecule has 2 aromatic carbocycles. The van der Waals surface area contributed by atoms with Crippen molar-refractivity contribution in [2.45, 2.75) is 27.7 Å². The van der Waals surface area contributed by atoms with Crippen LogP contribution in [0, 0.1) is 26.6 Å². The van der Waals surface area contributed by atoms with Crippen molar-refractivity contribution < 1.29 is 9.18 Å². The van der Waals surface area contributed by atoms with E-state index in [0.717, 1.165) is 29.0 Å². The third-order valence-corrected chi connectivity index (χ3v) is 4.77. The van der Waals surface area contributed by atoms with Gasteiger partial charge in [-0.2, -0.15) is 0 Å². The molecular formula is C22H28FN3O. The molecule has 0 fully saturated rings. The predicted octanol–water partition coefficient (Wildman–Crippen LogP) is 4.68. The molecule has 0 aliphatic carbocycles. The molecule has 0 unspecified atom stereocenters. The summed E-state index contributed by atoms with van der Waals surface area (Å²) in [4.78, 5) is 21.1. The Morgan fingerprint density at radius 3 is 2.52 bits per heavy atom. The Kier molecular flexibility index (Phi) is 6.72. The maximum atomic E-state index is 13.8. The highest BCUT2D eigenvalue weighted by molar-refractivity contribution is 6.01. The van der Waals surface area contributed by atoms with Gasteiger partial charge in [0.25, 0.3) is 0 Å². The van der Waals surface area contributed by atoms with Gasteiger partial charge in [0.05, 0.1) is 18.6 Å². The zero-order chi connectivity index (χ0) is 20.1. The van der Waals surface area contributed by atoms with Crippen LogP contribution in [0.1, 0.15) is 34.0 Å². The van der Waals surface area contributed by atoms with Crippen LogP contribution in [0.25, 0.3) is 0 Å². The first-order valence-electron chi connectivity index (χ1n) is 9.09. The summed E-state index contributed by atoms with van der Waals surface area (Å²) >= 11 is 0. The molecule has 0 saturated heterocycles. The predicted molar refractivity (Wildman–Crippen MR) is 111 cm³/mol. The first-order valence-corrected chi connectivity index (χ1v) is 9.09. The van der Waals surface area contributed by atoms with E-state index in [1.165, 1.54) is 6.07 Å². The number of carbonyl (C=O) groups is 1. The second kappa shape index (κ2) is 8.80. The molecular weight excluding hydrogens is 341 g/mol. The normalized spacial score (nSPS) is 11.1. The number of nitrogens with zero attached hydrogens (tertiary/aromatic N) is 3. The van der Waals surface area contributed by atoms with Crippen LogP contribution in [0.2, 0.25) is 0 Å². The average molecular weight is 369 g/mol. The fraction of sp³-hybridized carbons (Fsp3) is 0.364. The number of ketones is 1. The fourth-order valence-electron chi connectivity index (χ4n) is 2.88. The van der Waals surface area contributed by atoms with Crippen LogP contribution in [-0.2, 0) is 0 Å². The molecule has 144 valence electrons. The Hall–Kier alpha value is -2.69. The molecule has 0 aliphatic heterocycles. The molecule has 0 radical (unpaired) electrons. The highest BCUT2D eigenvalue weighted by Crippen LogP contribution is 2.25. The molecule has 0 aromatic heterocycles. The van der Waals surface area contributed by atoms with Gasteiger partial charge >= 0.3 is 0 Å². The van der Waals surface area contributed by atoms with Gasteiger partial charge in [0.15, 0.2) is 5.78 Å². The van der Waals surface area contributed by atoms with E-state index in [4.69, 9.17) is 0 Å². The molecule has 2 rings (SSSR count). The number of aliphatic imine (C=N–C) groups is 1. The summed E-state index contributed by atoms with van der Waals surface area (Å²) < 4.78 is 13.8. The molecule has 0 atom stereocenters. The van der Waals surface area contributed by atoms with Gasteiger partial charge < -0.3 is 9.80 Å². The number of hydrogen-bond donors (Lipinski definition) is 0.